The van der Waals surface area contributed by atoms with Crippen LogP contribution in [0.5, 0.6) is 0 Å². The van der Waals surface area contributed by atoms with Gasteiger partial charge in [-0.15, -0.1) is 0 Å². The number of carboxylic acids is 3. The number of carboxylic acid groups (broad SMARTS) is 3. The first-order chi connectivity index (χ1) is 38.0. The number of nitrogens with one attached hydrogen (secondary N) is 3. The summed E-state index contributed by atoms with van der Waals surface area (Å²) in [6.07, 6.45) is 15.1. The molecule has 0 aromatic heterocycles. The summed E-state index contributed by atoms with van der Waals surface area (Å²) in [4.78, 5) is 71.5. The van der Waals surface area contributed by atoms with Gasteiger partial charge in [-0.3, -0.25) is 28.8 Å². The van der Waals surface area contributed by atoms with Gasteiger partial charge in [0.25, 0.3) is 0 Å². The van der Waals surface area contributed by atoms with E-state index in [1.54, 1.807) is 0 Å². The van der Waals surface area contributed by atoms with Crippen LogP contribution in [0.2, 0.25) is 0 Å². The zero-order valence-corrected chi connectivity index (χ0v) is 51.3. The van der Waals surface area contributed by atoms with Gasteiger partial charge in [-0.05, 0) is 186 Å². The number of aliphatic carboxylic acids is 3. The van der Waals surface area contributed by atoms with Crippen LogP contribution in [0.1, 0.15) is 247 Å². The highest BCUT2D eigenvalue weighted by atomic mass is 16.4. The molecule has 12 heteroatoms. The second-order valence-corrected chi connectivity index (χ2v) is 27.8. The molecule has 6 aliphatic carbocycles. The lowest BCUT2D eigenvalue weighted by atomic mass is 9.49. The largest absolute Gasteiger partial charge is 0.481 e. The number of carbonyl (C=O) groups is 6. The van der Waals surface area contributed by atoms with Crippen molar-refractivity contribution in [2.75, 3.05) is 19.6 Å². The summed E-state index contributed by atoms with van der Waals surface area (Å²) in [6, 6.07) is 20.8. The van der Waals surface area contributed by atoms with Crippen LogP contribution in [0, 0.1) is 34.0 Å². The maximum Gasteiger partial charge on any atom is 0.309 e. The summed E-state index contributed by atoms with van der Waals surface area (Å²) in [5.74, 6) is -0.198. The average molecular weight is 1110 g/mol. The molecule has 6 N–H and O–H groups in total. The summed E-state index contributed by atoms with van der Waals surface area (Å²) >= 11 is 0. The van der Waals surface area contributed by atoms with Crippen LogP contribution >= 0.6 is 0 Å². The molecule has 0 unspecified atom stereocenters. The summed E-state index contributed by atoms with van der Waals surface area (Å²) in [6.45, 7) is 27.1. The molecule has 0 aliphatic heterocycles. The zero-order chi connectivity index (χ0) is 59.5. The summed E-state index contributed by atoms with van der Waals surface area (Å²) in [7, 11) is 0. The summed E-state index contributed by atoms with van der Waals surface area (Å²) in [5, 5.41) is 35.8. The van der Waals surface area contributed by atoms with E-state index in [1.807, 2.05) is 6.92 Å². The van der Waals surface area contributed by atoms with Crippen molar-refractivity contribution < 1.29 is 44.1 Å². The number of hydrogen-bond donors (Lipinski definition) is 6. The fourth-order valence-corrected chi connectivity index (χ4v) is 16.8. The molecular formula is C69H99N3O9. The van der Waals surface area contributed by atoms with E-state index >= 15 is 0 Å². The lowest BCUT2D eigenvalue weighted by Crippen LogP contribution is -2.55. The summed E-state index contributed by atoms with van der Waals surface area (Å²) < 4.78 is 0. The molecule has 0 spiro atoms. The molecule has 0 heterocycles. The van der Waals surface area contributed by atoms with Gasteiger partial charge in [-0.25, -0.2) is 0 Å². The van der Waals surface area contributed by atoms with E-state index in [1.165, 1.54) is 50.1 Å². The van der Waals surface area contributed by atoms with Gasteiger partial charge in [0, 0.05) is 26.1 Å². The monoisotopic (exact) mass is 1110 g/mol. The molecule has 0 bridgehead atoms. The highest BCUT2D eigenvalue weighted by Gasteiger charge is 2.58. The minimum Gasteiger partial charge on any atom is -0.481 e. The van der Waals surface area contributed by atoms with Crippen molar-refractivity contribution in [3.8, 4) is 0 Å². The van der Waals surface area contributed by atoms with Crippen LogP contribution in [0.4, 0.5) is 0 Å². The van der Waals surface area contributed by atoms with Crippen LogP contribution in [0.25, 0.3) is 0 Å². The minimum atomic E-state index is -0.943. The maximum absolute atomic E-state index is 13.3. The molecule has 9 rings (SSSR count). The zero-order valence-electron chi connectivity index (χ0n) is 51.3. The first-order valence-electron chi connectivity index (χ1n) is 30.9. The molecule has 12 nitrogen and oxygen atoms in total. The number of carbonyl (C=O) groups excluding carboxylic acids is 3. The minimum absolute atomic E-state index is 0.0123. The predicted octanol–water partition coefficient (Wildman–Crippen LogP) is 13.2. The molecule has 3 aromatic rings. The normalized spacial score (nSPS) is 29.7. The second kappa shape index (κ2) is 25.1. The Morgan fingerprint density at radius 2 is 0.753 bits per heavy atom. The standard InChI is InChI=1S/C26H38N2O4.C23H33NO3.C20H28O2/c1-17(2)18-6-8-20-19(16-18)7-9-21-25(20,3)12-5-13-26(21,4)24(32)28-14-10-22(29)27-15-11-23(30)31;1-15(2)16-6-8-18-17(14-16)7-9-19-22(18,3)11-5-12-23(19,4)21(27)24-13-10-20(25)26;1-13(2)14-6-8-16-15(12-14)7-9-17-19(16,3)10-5-11-20(17,4)18(21)22/h6,8,16-17,21H,5,7,9-15H2,1-4H3,(H,27,29)(H,28,32)(H,30,31);6,8,14-15,19H,5,7,9-13H2,1-4H3,(H,24,27)(H,25,26);6,8,12-13,17H,5,7,9-11H2,1-4H3,(H,21,22)/t21-,25-,26-;19-,22-,23-;17-,19-,20-/m111/s1. The molecule has 444 valence electrons. The Morgan fingerprint density at radius 1 is 0.444 bits per heavy atom. The van der Waals surface area contributed by atoms with Gasteiger partial charge in [0.2, 0.25) is 17.7 Å². The first kappa shape index (κ1) is 63.1. The Labute approximate surface area is 484 Å². The van der Waals surface area contributed by atoms with Gasteiger partial charge in [0.05, 0.1) is 29.1 Å². The SMILES string of the molecule is CC(C)c1ccc2c(c1)CC[C@H]1[C@](C)(C(=O)NCCC(=O)NCCC(=O)O)CCC[C@]21C.CC(C)c1ccc2c(c1)CC[C@H]1[C@](C)(C(=O)NCCC(=O)O)CCC[C@]21C.CC(C)c1ccc2c(c1)CC[C@H]1[C@](C)(C(=O)O)CCC[C@]21C. The van der Waals surface area contributed by atoms with Crippen LogP contribution < -0.4 is 16.0 Å². The number of hydrogen-bond acceptors (Lipinski definition) is 6. The molecule has 0 saturated heterocycles. The predicted molar refractivity (Wildman–Crippen MR) is 321 cm³/mol. The fraction of sp³-hybridized carbons (Fsp3) is 0.652. The smallest absolute Gasteiger partial charge is 0.309 e. The van der Waals surface area contributed by atoms with E-state index in [-0.39, 0.29) is 84.7 Å². The molecule has 81 heavy (non-hydrogen) atoms. The van der Waals surface area contributed by atoms with Crippen molar-refractivity contribution in [2.24, 2.45) is 34.0 Å². The van der Waals surface area contributed by atoms with E-state index in [2.05, 4.69) is 147 Å². The average Bonchev–Trinajstić information content (AvgIpc) is 3.40. The third-order valence-corrected chi connectivity index (χ3v) is 21.6. The van der Waals surface area contributed by atoms with Gasteiger partial charge in [0.1, 0.15) is 0 Å². The lowest BCUT2D eigenvalue weighted by Gasteiger charge is -2.54. The van der Waals surface area contributed by atoms with Crippen molar-refractivity contribution in [2.45, 2.75) is 233 Å². The van der Waals surface area contributed by atoms with E-state index in [0.717, 1.165) is 96.3 Å². The van der Waals surface area contributed by atoms with Crippen molar-refractivity contribution in [3.05, 3.63) is 105 Å². The van der Waals surface area contributed by atoms with Gasteiger partial charge in [-0.1, -0.05) is 150 Å². The van der Waals surface area contributed by atoms with E-state index < -0.39 is 34.2 Å². The Morgan fingerprint density at radius 3 is 1.07 bits per heavy atom. The topological polar surface area (TPSA) is 199 Å². The number of fused-ring (bicyclic) bond motifs is 9. The Bertz CT molecular complexity index is 2820. The van der Waals surface area contributed by atoms with Gasteiger partial charge in [0.15, 0.2) is 0 Å². The molecule has 3 aromatic carbocycles. The van der Waals surface area contributed by atoms with Crippen LogP contribution in [-0.2, 0) is 64.3 Å². The number of benzene rings is 3. The molecule has 0 radical (unpaired) electrons. The van der Waals surface area contributed by atoms with Crippen molar-refractivity contribution >= 4 is 35.6 Å². The third-order valence-electron chi connectivity index (χ3n) is 21.6. The Kier molecular flexibility index (Phi) is 19.6. The van der Waals surface area contributed by atoms with Crippen LogP contribution in [0.3, 0.4) is 0 Å². The molecule has 3 saturated carbocycles. The van der Waals surface area contributed by atoms with Crippen molar-refractivity contribution in [1.29, 1.82) is 0 Å². The number of aryl methyl sites for hydroxylation is 3. The van der Waals surface area contributed by atoms with Gasteiger partial charge in [-0.2, -0.15) is 0 Å². The van der Waals surface area contributed by atoms with Crippen molar-refractivity contribution in [1.82, 2.24) is 16.0 Å². The first-order valence-corrected chi connectivity index (χ1v) is 30.9. The van der Waals surface area contributed by atoms with Crippen molar-refractivity contribution in [3.63, 3.8) is 0 Å². The fourth-order valence-electron chi connectivity index (χ4n) is 16.8. The second-order valence-electron chi connectivity index (χ2n) is 27.8. The van der Waals surface area contributed by atoms with E-state index in [4.69, 9.17) is 10.2 Å². The quantitative estimate of drug-likeness (QED) is 0.0857. The van der Waals surface area contributed by atoms with Gasteiger partial charge < -0.3 is 31.3 Å². The van der Waals surface area contributed by atoms with E-state index in [0.29, 0.717) is 23.7 Å². The maximum atomic E-state index is 13.3. The molecule has 3 amide bonds. The lowest BCUT2D eigenvalue weighted by molar-refractivity contribution is -0.157. The summed E-state index contributed by atoms with van der Waals surface area (Å²) in [5.41, 5.74) is 11.3. The molecule has 6 aliphatic rings. The molecule has 9 atom stereocenters. The van der Waals surface area contributed by atoms with Gasteiger partial charge >= 0.3 is 17.9 Å². The number of rotatable bonds is 15. The Balaban J connectivity index is 0.000000178. The van der Waals surface area contributed by atoms with Crippen LogP contribution in [-0.4, -0.2) is 70.6 Å². The molecule has 3 fully saturated rings. The van der Waals surface area contributed by atoms with Crippen LogP contribution in [0.15, 0.2) is 54.6 Å². The molecular weight excluding hydrogens is 1010 g/mol. The highest BCUT2D eigenvalue weighted by Crippen LogP contribution is 2.60. The van der Waals surface area contributed by atoms with E-state index in [9.17, 15) is 33.9 Å². The number of amides is 3. The Hall–Kier alpha value is -5.52. The third kappa shape index (κ3) is 12.9. The highest BCUT2D eigenvalue weighted by molar-refractivity contribution is 5.85.